The van der Waals surface area contributed by atoms with Gasteiger partial charge >= 0.3 is 6.01 Å². The van der Waals surface area contributed by atoms with Crippen molar-refractivity contribution in [3.8, 4) is 6.01 Å². The lowest BCUT2D eigenvalue weighted by atomic mass is 10.2. The zero-order valence-electron chi connectivity index (χ0n) is 10.5. The first-order chi connectivity index (χ1) is 8.61. The van der Waals surface area contributed by atoms with Crippen molar-refractivity contribution in [3.63, 3.8) is 0 Å². The van der Waals surface area contributed by atoms with Crippen molar-refractivity contribution in [1.29, 1.82) is 0 Å². The Bertz CT molecular complexity index is 560. The molecule has 0 unspecified atom stereocenters. The molecule has 18 heavy (non-hydrogen) atoms. The van der Waals surface area contributed by atoms with Crippen LogP contribution in [0.1, 0.15) is 5.56 Å². The third-order valence-corrected chi connectivity index (χ3v) is 3.54. The minimum atomic E-state index is 0.366. The van der Waals surface area contributed by atoms with Gasteiger partial charge in [-0.3, -0.25) is 0 Å². The number of aromatic nitrogens is 2. The van der Waals surface area contributed by atoms with Gasteiger partial charge < -0.3 is 9.64 Å². The first kappa shape index (κ1) is 12.8. The van der Waals surface area contributed by atoms with Gasteiger partial charge in [0, 0.05) is 23.4 Å². The molecule has 0 spiro atoms. The molecule has 1 heterocycles. The maximum absolute atomic E-state index is 5.03. The van der Waals surface area contributed by atoms with Gasteiger partial charge in [-0.15, -0.1) is 0 Å². The van der Waals surface area contributed by atoms with E-state index in [9.17, 15) is 0 Å². The molecule has 0 saturated carbocycles. The number of hydrogen-bond donors (Lipinski definition) is 0. The molecule has 94 valence electrons. The van der Waals surface area contributed by atoms with E-state index in [-0.39, 0.29) is 0 Å². The molecule has 4 nitrogen and oxygen atoms in total. The molecule has 0 aliphatic rings. The van der Waals surface area contributed by atoms with Crippen LogP contribution < -0.4 is 9.64 Å². The van der Waals surface area contributed by atoms with Crippen molar-refractivity contribution in [1.82, 2.24) is 9.97 Å². The van der Waals surface area contributed by atoms with Crippen molar-refractivity contribution in [2.24, 2.45) is 0 Å². The maximum Gasteiger partial charge on any atom is 0.318 e. The Morgan fingerprint density at radius 3 is 2.72 bits per heavy atom. The molecule has 0 N–H and O–H groups in total. The molecule has 5 heteroatoms. The number of halogens is 1. The third-order valence-electron chi connectivity index (χ3n) is 2.69. The maximum atomic E-state index is 5.03. The monoisotopic (exact) mass is 307 g/mol. The first-order valence-corrected chi connectivity index (χ1v) is 6.28. The summed E-state index contributed by atoms with van der Waals surface area (Å²) in [5.41, 5.74) is 2.25. The molecule has 1 aromatic carbocycles. The van der Waals surface area contributed by atoms with E-state index in [4.69, 9.17) is 4.74 Å². The smallest absolute Gasteiger partial charge is 0.318 e. The van der Waals surface area contributed by atoms with E-state index >= 15 is 0 Å². The minimum absolute atomic E-state index is 0.366. The fourth-order valence-corrected chi connectivity index (χ4v) is 1.91. The van der Waals surface area contributed by atoms with Crippen LogP contribution in [0, 0.1) is 6.92 Å². The quantitative estimate of drug-likeness (QED) is 0.872. The van der Waals surface area contributed by atoms with Gasteiger partial charge in [-0.2, -0.15) is 4.98 Å². The normalized spacial score (nSPS) is 10.2. The SMILES string of the molecule is COc1nccc(N(C)c2ccc(C)c(Br)c2)n1. The van der Waals surface area contributed by atoms with Crippen molar-refractivity contribution >= 4 is 27.4 Å². The van der Waals surface area contributed by atoms with Crippen LogP contribution in [0.2, 0.25) is 0 Å². The van der Waals surface area contributed by atoms with Crippen LogP contribution in [0.4, 0.5) is 11.5 Å². The van der Waals surface area contributed by atoms with Gasteiger partial charge in [0.05, 0.1) is 7.11 Å². The average Bonchev–Trinajstić information content (AvgIpc) is 2.41. The van der Waals surface area contributed by atoms with Gasteiger partial charge in [-0.25, -0.2) is 4.98 Å². The highest BCUT2D eigenvalue weighted by molar-refractivity contribution is 9.10. The molecule has 2 aromatic rings. The Hall–Kier alpha value is -1.62. The molecule has 0 bridgehead atoms. The summed E-state index contributed by atoms with van der Waals surface area (Å²) in [6.45, 7) is 2.06. The number of benzene rings is 1. The van der Waals surface area contributed by atoms with Crippen molar-refractivity contribution in [2.75, 3.05) is 19.1 Å². The van der Waals surface area contributed by atoms with Gasteiger partial charge in [-0.05, 0) is 30.7 Å². The lowest BCUT2D eigenvalue weighted by Gasteiger charge is -2.19. The highest BCUT2D eigenvalue weighted by atomic mass is 79.9. The van der Waals surface area contributed by atoms with Crippen molar-refractivity contribution in [3.05, 3.63) is 40.5 Å². The predicted octanol–water partition coefficient (Wildman–Crippen LogP) is 3.32. The lowest BCUT2D eigenvalue weighted by Crippen LogP contribution is -2.11. The number of anilines is 2. The number of aryl methyl sites for hydroxylation is 1. The highest BCUT2D eigenvalue weighted by Gasteiger charge is 2.08. The molecule has 2 rings (SSSR count). The second kappa shape index (κ2) is 5.35. The van der Waals surface area contributed by atoms with Gasteiger partial charge in [0.15, 0.2) is 0 Å². The Balaban J connectivity index is 2.34. The predicted molar refractivity (Wildman–Crippen MR) is 75.5 cm³/mol. The topological polar surface area (TPSA) is 38.2 Å². The van der Waals surface area contributed by atoms with Crippen molar-refractivity contribution < 1.29 is 4.74 Å². The highest BCUT2D eigenvalue weighted by Crippen LogP contribution is 2.27. The van der Waals surface area contributed by atoms with Gasteiger partial charge in [0.1, 0.15) is 5.82 Å². The summed E-state index contributed by atoms with van der Waals surface area (Å²) in [6, 6.07) is 8.38. The zero-order chi connectivity index (χ0) is 13.1. The van der Waals surface area contributed by atoms with E-state index in [0.29, 0.717) is 6.01 Å². The fourth-order valence-electron chi connectivity index (χ4n) is 1.54. The Morgan fingerprint density at radius 2 is 2.06 bits per heavy atom. The average molecular weight is 308 g/mol. The van der Waals surface area contributed by atoms with Crippen LogP contribution in [0.25, 0.3) is 0 Å². The van der Waals surface area contributed by atoms with Crippen LogP contribution >= 0.6 is 15.9 Å². The molecule has 0 radical (unpaired) electrons. The second-order valence-corrected chi connectivity index (χ2v) is 4.75. The van der Waals surface area contributed by atoms with Crippen LogP contribution in [0.15, 0.2) is 34.9 Å². The molecule has 0 aliphatic carbocycles. The van der Waals surface area contributed by atoms with E-state index in [0.717, 1.165) is 16.0 Å². The molecule has 1 aromatic heterocycles. The minimum Gasteiger partial charge on any atom is -0.467 e. The molecule has 0 amide bonds. The molecule has 0 atom stereocenters. The first-order valence-electron chi connectivity index (χ1n) is 5.48. The number of ether oxygens (including phenoxy) is 1. The number of rotatable bonds is 3. The Morgan fingerprint density at radius 1 is 1.28 bits per heavy atom. The number of hydrogen-bond acceptors (Lipinski definition) is 4. The zero-order valence-corrected chi connectivity index (χ0v) is 12.1. The van der Waals surface area contributed by atoms with Gasteiger partial charge in [0.2, 0.25) is 0 Å². The standard InChI is InChI=1S/C13H14BrN3O/c1-9-4-5-10(8-11(9)14)17(2)12-6-7-15-13(16-12)18-3/h4-8H,1-3H3. The van der Waals surface area contributed by atoms with E-state index in [2.05, 4.69) is 51.0 Å². The number of nitrogens with zero attached hydrogens (tertiary/aromatic N) is 3. The van der Waals surface area contributed by atoms with Gasteiger partial charge in [-0.1, -0.05) is 22.0 Å². The van der Waals surface area contributed by atoms with Crippen LogP contribution in [-0.4, -0.2) is 24.1 Å². The molecule has 0 aliphatic heterocycles. The summed E-state index contributed by atoms with van der Waals surface area (Å²) in [6.07, 6.45) is 1.68. The molecular formula is C13H14BrN3O. The lowest BCUT2D eigenvalue weighted by molar-refractivity contribution is 0.380. The summed E-state index contributed by atoms with van der Waals surface area (Å²) in [5, 5.41) is 0. The summed E-state index contributed by atoms with van der Waals surface area (Å²) >= 11 is 3.53. The molecule has 0 fully saturated rings. The molecular weight excluding hydrogens is 294 g/mol. The largest absolute Gasteiger partial charge is 0.467 e. The molecule has 0 saturated heterocycles. The fraction of sp³-hybridized carbons (Fsp3) is 0.231. The van der Waals surface area contributed by atoms with Crippen LogP contribution in [-0.2, 0) is 0 Å². The van der Waals surface area contributed by atoms with Gasteiger partial charge in [0.25, 0.3) is 0 Å². The van der Waals surface area contributed by atoms with E-state index < -0.39 is 0 Å². The van der Waals surface area contributed by atoms with Crippen LogP contribution in [0.3, 0.4) is 0 Å². The summed E-state index contributed by atoms with van der Waals surface area (Å²) in [4.78, 5) is 10.3. The van der Waals surface area contributed by atoms with Crippen molar-refractivity contribution in [2.45, 2.75) is 6.92 Å². The summed E-state index contributed by atoms with van der Waals surface area (Å²) in [7, 11) is 3.51. The van der Waals surface area contributed by atoms with E-state index in [1.807, 2.05) is 18.0 Å². The summed E-state index contributed by atoms with van der Waals surface area (Å²) < 4.78 is 6.10. The number of methoxy groups -OCH3 is 1. The third kappa shape index (κ3) is 2.61. The second-order valence-electron chi connectivity index (χ2n) is 3.89. The van der Waals surface area contributed by atoms with E-state index in [1.54, 1.807) is 13.3 Å². The summed E-state index contributed by atoms with van der Waals surface area (Å²) in [5.74, 6) is 0.789. The Kier molecular flexibility index (Phi) is 3.81. The van der Waals surface area contributed by atoms with Crippen LogP contribution in [0.5, 0.6) is 6.01 Å². The Labute approximate surface area is 115 Å². The van der Waals surface area contributed by atoms with E-state index in [1.165, 1.54) is 5.56 Å².